The summed E-state index contributed by atoms with van der Waals surface area (Å²) in [6.45, 7) is 2.11. The van der Waals surface area contributed by atoms with Crippen LogP contribution >= 0.6 is 22.7 Å². The van der Waals surface area contributed by atoms with Gasteiger partial charge in [-0.25, -0.2) is 4.98 Å². The van der Waals surface area contributed by atoms with Crippen LogP contribution in [0.1, 0.15) is 9.67 Å². The summed E-state index contributed by atoms with van der Waals surface area (Å²) in [5, 5.41) is 2.86. The Bertz CT molecular complexity index is 1190. The molecule has 0 radical (unpaired) electrons. The van der Waals surface area contributed by atoms with E-state index in [1.807, 2.05) is 60.0 Å². The van der Waals surface area contributed by atoms with Crippen molar-refractivity contribution in [3.8, 4) is 16.3 Å². The van der Waals surface area contributed by atoms with Gasteiger partial charge in [0, 0.05) is 31.7 Å². The average Bonchev–Trinajstić information content (AvgIpc) is 3.53. The van der Waals surface area contributed by atoms with Crippen LogP contribution in [0.25, 0.3) is 20.8 Å². The Morgan fingerprint density at radius 3 is 2.38 bits per heavy atom. The first kappa shape index (κ1) is 20.7. The number of hydrogen-bond acceptors (Lipinski definition) is 6. The van der Waals surface area contributed by atoms with Crippen molar-refractivity contribution in [1.29, 1.82) is 0 Å². The van der Waals surface area contributed by atoms with E-state index in [2.05, 4.69) is 11.1 Å². The molecule has 5 rings (SSSR count). The fourth-order valence-corrected chi connectivity index (χ4v) is 5.30. The number of thiazole rings is 1. The normalized spacial score (nSPS) is 14.0. The highest BCUT2D eigenvalue weighted by Crippen LogP contribution is 2.30. The van der Waals surface area contributed by atoms with Crippen molar-refractivity contribution in [3.05, 3.63) is 70.9 Å². The Labute approximate surface area is 193 Å². The van der Waals surface area contributed by atoms with Crippen LogP contribution in [0.5, 0.6) is 5.75 Å². The molecule has 1 aliphatic rings. The van der Waals surface area contributed by atoms with Gasteiger partial charge in [0.1, 0.15) is 10.8 Å². The number of fused-ring (bicyclic) bond motifs is 1. The number of aromatic nitrogens is 1. The van der Waals surface area contributed by atoms with Gasteiger partial charge in [0.2, 0.25) is 0 Å². The van der Waals surface area contributed by atoms with Crippen LogP contribution in [-0.4, -0.2) is 59.4 Å². The lowest BCUT2D eigenvalue weighted by Gasteiger charge is -2.34. The number of piperazine rings is 1. The molecule has 162 valence electrons. The fraction of sp³-hybridized carbons (Fsp3) is 0.208. The molecule has 0 N–H and O–H groups in total. The number of hydrogen-bond donors (Lipinski definition) is 0. The highest BCUT2D eigenvalue weighted by atomic mass is 32.1. The van der Waals surface area contributed by atoms with E-state index in [4.69, 9.17) is 4.74 Å². The lowest BCUT2D eigenvalue weighted by molar-refractivity contribution is -0.134. The van der Waals surface area contributed by atoms with Gasteiger partial charge in [-0.2, -0.15) is 0 Å². The molecular weight excluding hydrogens is 442 g/mol. The molecular formula is C24H21N3O3S2. The first-order valence-corrected chi connectivity index (χ1v) is 12.1. The van der Waals surface area contributed by atoms with Crippen molar-refractivity contribution in [2.75, 3.05) is 32.8 Å². The van der Waals surface area contributed by atoms with Gasteiger partial charge in [0.15, 0.2) is 6.61 Å². The van der Waals surface area contributed by atoms with Crippen molar-refractivity contribution >= 4 is 44.7 Å². The lowest BCUT2D eigenvalue weighted by atomic mass is 10.2. The molecule has 8 heteroatoms. The molecule has 6 nitrogen and oxygen atoms in total. The summed E-state index contributed by atoms with van der Waals surface area (Å²) < 4.78 is 6.87. The quantitative estimate of drug-likeness (QED) is 0.440. The molecule has 0 bridgehead atoms. The zero-order valence-electron chi connectivity index (χ0n) is 17.3. The molecule has 4 aromatic rings. The molecule has 0 atom stereocenters. The van der Waals surface area contributed by atoms with Gasteiger partial charge in [0.05, 0.1) is 15.1 Å². The fourth-order valence-electron chi connectivity index (χ4n) is 3.64. The second kappa shape index (κ2) is 9.10. The number of thiophene rings is 1. The Morgan fingerprint density at radius 1 is 0.906 bits per heavy atom. The van der Waals surface area contributed by atoms with E-state index in [1.54, 1.807) is 21.1 Å². The number of amides is 2. The Hall–Kier alpha value is -3.23. The van der Waals surface area contributed by atoms with Crippen molar-refractivity contribution in [2.45, 2.75) is 0 Å². The molecule has 2 aromatic carbocycles. The summed E-state index contributed by atoms with van der Waals surface area (Å²) in [5.41, 5.74) is 2.02. The van der Waals surface area contributed by atoms with Gasteiger partial charge in [-0.15, -0.1) is 22.7 Å². The summed E-state index contributed by atoms with van der Waals surface area (Å²) in [4.78, 5) is 34.0. The molecule has 1 aliphatic heterocycles. The first-order valence-electron chi connectivity index (χ1n) is 10.4. The molecule has 3 heterocycles. The van der Waals surface area contributed by atoms with Crippen LogP contribution in [0, 0.1) is 0 Å². The number of carbonyl (C=O) groups is 2. The second-order valence-corrected chi connectivity index (χ2v) is 9.43. The summed E-state index contributed by atoms with van der Waals surface area (Å²) in [6, 6.07) is 19.5. The molecule has 0 saturated carbocycles. The highest BCUT2D eigenvalue weighted by Gasteiger charge is 2.25. The highest BCUT2D eigenvalue weighted by molar-refractivity contribution is 7.21. The molecule has 0 aliphatic carbocycles. The largest absolute Gasteiger partial charge is 0.484 e. The van der Waals surface area contributed by atoms with Crippen molar-refractivity contribution in [3.63, 3.8) is 0 Å². The zero-order chi connectivity index (χ0) is 21.9. The summed E-state index contributed by atoms with van der Waals surface area (Å²) in [5.74, 6) is 0.620. The Balaban J connectivity index is 1.13. The molecule has 32 heavy (non-hydrogen) atoms. The third kappa shape index (κ3) is 4.37. The van der Waals surface area contributed by atoms with Gasteiger partial charge in [-0.1, -0.05) is 18.2 Å². The van der Waals surface area contributed by atoms with Crippen LogP contribution in [0.4, 0.5) is 0 Å². The van der Waals surface area contributed by atoms with E-state index < -0.39 is 0 Å². The number of carbonyl (C=O) groups excluding carboxylic acids is 2. The first-order chi connectivity index (χ1) is 15.7. The van der Waals surface area contributed by atoms with Gasteiger partial charge in [-0.05, 0) is 47.8 Å². The van der Waals surface area contributed by atoms with Crippen molar-refractivity contribution in [1.82, 2.24) is 14.8 Å². The van der Waals surface area contributed by atoms with Crippen molar-refractivity contribution < 1.29 is 14.3 Å². The maximum Gasteiger partial charge on any atom is 0.264 e. The summed E-state index contributed by atoms with van der Waals surface area (Å²) >= 11 is 3.10. The van der Waals surface area contributed by atoms with Gasteiger partial charge in [0.25, 0.3) is 11.8 Å². The molecule has 2 aromatic heterocycles. The van der Waals surface area contributed by atoms with Crippen LogP contribution in [0.2, 0.25) is 0 Å². The standard InChI is InChI=1S/C24H21N3O3S2/c28-22(26-11-13-27(14-12-26)24(29)21-6-3-15-31-21)16-30-18-9-7-17(8-10-18)23-25-19-4-1-2-5-20(19)32-23/h1-10,15H,11-14,16H2. The third-order valence-corrected chi connectivity index (χ3v) is 7.35. The minimum absolute atomic E-state index is 0.0145. The number of nitrogens with zero attached hydrogens (tertiary/aromatic N) is 3. The summed E-state index contributed by atoms with van der Waals surface area (Å²) in [7, 11) is 0. The van der Waals surface area contributed by atoms with Crippen LogP contribution in [-0.2, 0) is 4.79 Å². The Morgan fingerprint density at radius 2 is 1.66 bits per heavy atom. The monoisotopic (exact) mass is 463 g/mol. The summed E-state index contributed by atoms with van der Waals surface area (Å²) in [6.07, 6.45) is 0. The maximum atomic E-state index is 12.6. The van der Waals surface area contributed by atoms with Gasteiger partial charge in [-0.3, -0.25) is 9.59 Å². The topological polar surface area (TPSA) is 62.7 Å². The number of rotatable bonds is 5. The van der Waals surface area contributed by atoms with Gasteiger partial charge < -0.3 is 14.5 Å². The number of benzene rings is 2. The van der Waals surface area contributed by atoms with E-state index in [0.717, 1.165) is 25.7 Å². The van der Waals surface area contributed by atoms with Gasteiger partial charge >= 0.3 is 0 Å². The predicted octanol–water partition coefficient (Wildman–Crippen LogP) is 4.39. The van der Waals surface area contributed by atoms with Crippen LogP contribution in [0.3, 0.4) is 0 Å². The lowest BCUT2D eigenvalue weighted by Crippen LogP contribution is -2.51. The van der Waals surface area contributed by atoms with E-state index in [-0.39, 0.29) is 18.4 Å². The predicted molar refractivity (Wildman–Crippen MR) is 127 cm³/mol. The minimum atomic E-state index is -0.0662. The van der Waals surface area contributed by atoms with Crippen molar-refractivity contribution in [2.24, 2.45) is 0 Å². The number of ether oxygens (including phenoxy) is 1. The van der Waals surface area contributed by atoms with E-state index in [9.17, 15) is 9.59 Å². The SMILES string of the molecule is O=C(COc1ccc(-c2nc3ccccc3s2)cc1)N1CCN(C(=O)c2cccs2)CC1. The molecule has 1 saturated heterocycles. The minimum Gasteiger partial charge on any atom is -0.484 e. The maximum absolute atomic E-state index is 12.6. The smallest absolute Gasteiger partial charge is 0.264 e. The van der Waals surface area contributed by atoms with E-state index >= 15 is 0 Å². The zero-order valence-corrected chi connectivity index (χ0v) is 18.9. The molecule has 1 fully saturated rings. The number of para-hydroxylation sites is 1. The van der Waals surface area contributed by atoms with Crippen LogP contribution < -0.4 is 4.74 Å². The van der Waals surface area contributed by atoms with E-state index in [0.29, 0.717) is 31.9 Å². The van der Waals surface area contributed by atoms with Crippen LogP contribution in [0.15, 0.2) is 66.0 Å². The Kier molecular flexibility index (Phi) is 5.87. The second-order valence-electron chi connectivity index (χ2n) is 7.45. The molecule has 0 unspecified atom stereocenters. The van der Waals surface area contributed by atoms with E-state index in [1.165, 1.54) is 11.3 Å². The third-order valence-electron chi connectivity index (χ3n) is 5.41. The molecule has 0 spiro atoms. The molecule has 2 amide bonds. The average molecular weight is 464 g/mol.